The summed E-state index contributed by atoms with van der Waals surface area (Å²) in [5, 5.41) is 2.88. The standard InChI is InChI=1S/C26H35FN2O3/c1-2-23(30)24(17-7-4-3-5-8-17)28-25(31)21-15-19(12-13-22(21)27)20-9-6-14-29(16-20)26(32)18-10-11-18/h12-13,15,17-18,20,24H,2-11,14,16H2,1H3,(H,28,31). The Labute approximate surface area is 190 Å². The van der Waals surface area contributed by atoms with E-state index in [1.54, 1.807) is 12.1 Å². The normalized spacial score (nSPS) is 22.9. The highest BCUT2D eigenvalue weighted by Gasteiger charge is 2.36. The summed E-state index contributed by atoms with van der Waals surface area (Å²) in [4.78, 5) is 40.1. The first-order valence-corrected chi connectivity index (χ1v) is 12.4. The van der Waals surface area contributed by atoms with Crippen LogP contribution in [0.25, 0.3) is 0 Å². The molecule has 174 valence electrons. The molecule has 1 saturated heterocycles. The zero-order chi connectivity index (χ0) is 22.7. The van der Waals surface area contributed by atoms with Gasteiger partial charge in [-0.25, -0.2) is 4.39 Å². The lowest BCUT2D eigenvalue weighted by atomic mass is 9.81. The van der Waals surface area contributed by atoms with Crippen LogP contribution in [0.1, 0.15) is 93.0 Å². The Hall–Kier alpha value is -2.24. The number of benzene rings is 1. The maximum atomic E-state index is 14.7. The highest BCUT2D eigenvalue weighted by Crippen LogP contribution is 2.35. The number of hydrogen-bond acceptors (Lipinski definition) is 3. The number of piperidine rings is 1. The summed E-state index contributed by atoms with van der Waals surface area (Å²) in [6.07, 6.45) is 9.30. The number of halogens is 1. The Morgan fingerprint density at radius 2 is 1.81 bits per heavy atom. The lowest BCUT2D eigenvalue weighted by molar-refractivity contribution is -0.133. The van der Waals surface area contributed by atoms with Crippen molar-refractivity contribution in [2.24, 2.45) is 11.8 Å². The van der Waals surface area contributed by atoms with Crippen LogP contribution in [0.15, 0.2) is 18.2 Å². The third-order valence-corrected chi connectivity index (χ3v) is 7.47. The van der Waals surface area contributed by atoms with E-state index in [4.69, 9.17) is 0 Å². The summed E-state index contributed by atoms with van der Waals surface area (Å²) >= 11 is 0. The van der Waals surface area contributed by atoms with Crippen molar-refractivity contribution in [2.75, 3.05) is 13.1 Å². The molecule has 3 fully saturated rings. The fourth-order valence-corrected chi connectivity index (χ4v) is 5.38. The Morgan fingerprint density at radius 3 is 2.50 bits per heavy atom. The van der Waals surface area contributed by atoms with E-state index in [1.807, 2.05) is 11.8 Å². The first-order valence-electron chi connectivity index (χ1n) is 12.4. The molecule has 0 spiro atoms. The Bertz CT molecular complexity index is 861. The van der Waals surface area contributed by atoms with Gasteiger partial charge >= 0.3 is 0 Å². The second-order valence-corrected chi connectivity index (χ2v) is 9.81. The molecule has 2 amide bonds. The van der Waals surface area contributed by atoms with Crippen molar-refractivity contribution >= 4 is 17.6 Å². The molecule has 1 aliphatic heterocycles. The van der Waals surface area contributed by atoms with E-state index in [-0.39, 0.29) is 35.0 Å². The Balaban J connectivity index is 1.49. The van der Waals surface area contributed by atoms with Gasteiger partial charge in [0.15, 0.2) is 5.78 Å². The minimum absolute atomic E-state index is 0.00199. The van der Waals surface area contributed by atoms with Crippen molar-refractivity contribution in [3.8, 4) is 0 Å². The minimum Gasteiger partial charge on any atom is -0.342 e. The maximum absolute atomic E-state index is 14.7. The van der Waals surface area contributed by atoms with E-state index in [1.165, 1.54) is 6.07 Å². The molecule has 3 aliphatic rings. The van der Waals surface area contributed by atoms with Gasteiger partial charge in [0.25, 0.3) is 5.91 Å². The molecule has 2 saturated carbocycles. The van der Waals surface area contributed by atoms with Crippen LogP contribution in [0.3, 0.4) is 0 Å². The second-order valence-electron chi connectivity index (χ2n) is 9.81. The van der Waals surface area contributed by atoms with Gasteiger partial charge in [-0.2, -0.15) is 0 Å². The van der Waals surface area contributed by atoms with E-state index < -0.39 is 17.8 Å². The zero-order valence-corrected chi connectivity index (χ0v) is 19.1. The van der Waals surface area contributed by atoms with Gasteiger partial charge in [0, 0.05) is 31.3 Å². The fourth-order valence-electron chi connectivity index (χ4n) is 5.38. The average Bonchev–Trinajstić information content (AvgIpc) is 3.68. The van der Waals surface area contributed by atoms with Crippen LogP contribution >= 0.6 is 0 Å². The summed E-state index contributed by atoms with van der Waals surface area (Å²) in [6, 6.07) is 4.17. The molecular weight excluding hydrogens is 407 g/mol. The highest BCUT2D eigenvalue weighted by molar-refractivity contribution is 5.98. The molecule has 2 aliphatic carbocycles. The van der Waals surface area contributed by atoms with Crippen molar-refractivity contribution in [1.29, 1.82) is 0 Å². The number of Topliss-reactive ketones (excluding diaryl/α,β-unsaturated/α-hetero) is 1. The molecule has 1 aromatic rings. The second kappa shape index (κ2) is 10.1. The number of amides is 2. The SMILES string of the molecule is CCC(=O)C(NC(=O)c1cc(C2CCCN(C(=O)C3CC3)C2)ccc1F)C1CCCCC1. The molecule has 1 heterocycles. The Kier molecular flexibility index (Phi) is 7.27. The van der Waals surface area contributed by atoms with Crippen molar-refractivity contribution < 1.29 is 18.8 Å². The van der Waals surface area contributed by atoms with E-state index in [2.05, 4.69) is 5.32 Å². The number of carbonyl (C=O) groups excluding carboxylic acids is 3. The van der Waals surface area contributed by atoms with Crippen LogP contribution in [0, 0.1) is 17.7 Å². The molecule has 2 unspecified atom stereocenters. The number of nitrogens with one attached hydrogen (secondary N) is 1. The molecule has 1 aromatic carbocycles. The number of nitrogens with zero attached hydrogens (tertiary/aromatic N) is 1. The lowest BCUT2D eigenvalue weighted by Crippen LogP contribution is -2.46. The summed E-state index contributed by atoms with van der Waals surface area (Å²) in [5.41, 5.74) is 0.888. The minimum atomic E-state index is -0.570. The number of likely N-dealkylation sites (tertiary alicyclic amines) is 1. The van der Waals surface area contributed by atoms with Gasteiger partial charge in [-0.1, -0.05) is 32.3 Å². The smallest absolute Gasteiger partial charge is 0.254 e. The molecule has 0 bridgehead atoms. The van der Waals surface area contributed by atoms with Gasteiger partial charge in [0.2, 0.25) is 5.91 Å². The number of carbonyl (C=O) groups is 3. The van der Waals surface area contributed by atoms with E-state index >= 15 is 0 Å². The summed E-state index contributed by atoms with van der Waals surface area (Å²) in [5.74, 6) is -0.401. The van der Waals surface area contributed by atoms with Gasteiger partial charge < -0.3 is 10.2 Å². The monoisotopic (exact) mass is 442 g/mol. The Morgan fingerprint density at radius 1 is 1.06 bits per heavy atom. The predicted octanol–water partition coefficient (Wildman–Crippen LogP) is 4.60. The van der Waals surface area contributed by atoms with Crippen molar-refractivity contribution in [3.05, 3.63) is 35.1 Å². The van der Waals surface area contributed by atoms with Crippen LogP contribution < -0.4 is 5.32 Å². The van der Waals surface area contributed by atoms with Crippen molar-refractivity contribution in [1.82, 2.24) is 10.2 Å². The fraction of sp³-hybridized carbons (Fsp3) is 0.654. The van der Waals surface area contributed by atoms with E-state index in [0.29, 0.717) is 13.0 Å². The molecular formula is C26H35FN2O3. The molecule has 0 aromatic heterocycles. The van der Waals surface area contributed by atoms with Gasteiger partial charge in [-0.05, 0) is 62.1 Å². The van der Waals surface area contributed by atoms with Crippen LogP contribution in [0.5, 0.6) is 0 Å². The van der Waals surface area contributed by atoms with Crippen LogP contribution in [-0.2, 0) is 9.59 Å². The zero-order valence-electron chi connectivity index (χ0n) is 19.1. The molecule has 5 nitrogen and oxygen atoms in total. The van der Waals surface area contributed by atoms with Gasteiger partial charge in [0.1, 0.15) is 5.82 Å². The quantitative estimate of drug-likeness (QED) is 0.671. The van der Waals surface area contributed by atoms with Gasteiger partial charge in [-0.3, -0.25) is 14.4 Å². The van der Waals surface area contributed by atoms with Crippen LogP contribution in [0.2, 0.25) is 0 Å². The summed E-state index contributed by atoms with van der Waals surface area (Å²) < 4.78 is 14.7. The van der Waals surface area contributed by atoms with Gasteiger partial charge in [-0.15, -0.1) is 0 Å². The third kappa shape index (κ3) is 5.21. The number of hydrogen-bond donors (Lipinski definition) is 1. The topological polar surface area (TPSA) is 66.5 Å². The number of ketones is 1. The maximum Gasteiger partial charge on any atom is 0.254 e. The molecule has 2 atom stereocenters. The summed E-state index contributed by atoms with van der Waals surface area (Å²) in [7, 11) is 0. The van der Waals surface area contributed by atoms with E-state index in [0.717, 1.165) is 69.9 Å². The molecule has 0 radical (unpaired) electrons. The average molecular weight is 443 g/mol. The lowest BCUT2D eigenvalue weighted by Gasteiger charge is -2.33. The summed E-state index contributed by atoms with van der Waals surface area (Å²) in [6.45, 7) is 3.22. The molecule has 1 N–H and O–H groups in total. The van der Waals surface area contributed by atoms with Crippen molar-refractivity contribution in [2.45, 2.75) is 83.1 Å². The molecule has 32 heavy (non-hydrogen) atoms. The van der Waals surface area contributed by atoms with Gasteiger partial charge in [0.05, 0.1) is 11.6 Å². The third-order valence-electron chi connectivity index (χ3n) is 7.47. The predicted molar refractivity (Wildman–Crippen MR) is 121 cm³/mol. The number of rotatable bonds is 7. The van der Waals surface area contributed by atoms with Crippen molar-refractivity contribution in [3.63, 3.8) is 0 Å². The molecule has 4 rings (SSSR count). The van der Waals surface area contributed by atoms with E-state index in [9.17, 15) is 18.8 Å². The largest absolute Gasteiger partial charge is 0.342 e. The highest BCUT2D eigenvalue weighted by atomic mass is 19.1. The van der Waals surface area contributed by atoms with Crippen LogP contribution in [0.4, 0.5) is 4.39 Å². The first kappa shape index (κ1) is 22.9. The molecule has 6 heteroatoms. The first-order chi connectivity index (χ1) is 15.5. The van der Waals surface area contributed by atoms with Crippen LogP contribution in [-0.4, -0.2) is 41.6 Å².